The molecule has 3 nitrogen and oxygen atoms in total. The minimum Gasteiger partial charge on any atom is -0.334 e. The van der Waals surface area contributed by atoms with E-state index in [1.54, 1.807) is 10.8 Å². The summed E-state index contributed by atoms with van der Waals surface area (Å²) in [6.45, 7) is 0. The number of rotatable bonds is 2. The van der Waals surface area contributed by atoms with Crippen molar-refractivity contribution < 1.29 is 0 Å². The summed E-state index contributed by atoms with van der Waals surface area (Å²) in [6.07, 6.45) is 0. The van der Waals surface area contributed by atoms with Crippen LogP contribution in [0.5, 0.6) is 0 Å². The van der Waals surface area contributed by atoms with Crippen LogP contribution in [0, 0.1) is 0 Å². The van der Waals surface area contributed by atoms with Crippen LogP contribution in [0.4, 0.5) is 11.4 Å². The predicted molar refractivity (Wildman–Crippen MR) is 101 cm³/mol. The van der Waals surface area contributed by atoms with Crippen molar-refractivity contribution in [2.24, 2.45) is 4.99 Å². The second-order valence-corrected chi connectivity index (χ2v) is 10.5. The molecule has 0 radical (unpaired) electrons. The maximum absolute atomic E-state index is 4.72. The molecule has 1 unspecified atom stereocenters. The van der Waals surface area contributed by atoms with E-state index in [0.29, 0.717) is 0 Å². The lowest BCUT2D eigenvalue weighted by atomic mass is 10.3. The van der Waals surface area contributed by atoms with Crippen molar-refractivity contribution in [1.29, 1.82) is 0 Å². The lowest BCUT2D eigenvalue weighted by molar-refractivity contribution is 1.29. The minimum absolute atomic E-state index is 0.146. The normalized spacial score (nSPS) is 17.5. The zero-order chi connectivity index (χ0) is 14.7. The van der Waals surface area contributed by atoms with E-state index in [2.05, 4.69) is 37.2 Å². The molecule has 0 bridgehead atoms. The van der Waals surface area contributed by atoms with E-state index in [9.17, 15) is 0 Å². The van der Waals surface area contributed by atoms with Gasteiger partial charge in [0.15, 0.2) is 10.3 Å². The molecule has 0 aliphatic carbocycles. The van der Waals surface area contributed by atoms with Crippen molar-refractivity contribution >= 4 is 55.2 Å². The highest BCUT2D eigenvalue weighted by Gasteiger charge is 2.20. The quantitative estimate of drug-likeness (QED) is 0.592. The van der Waals surface area contributed by atoms with Gasteiger partial charge in [-0.05, 0) is 57.8 Å². The summed E-state index contributed by atoms with van der Waals surface area (Å²) in [6, 6.07) is 20.4. The number of hydrogen-bond donors (Lipinski definition) is 1. The Morgan fingerprint density at radius 3 is 2.33 bits per heavy atom. The maximum atomic E-state index is 4.72. The Kier molecular flexibility index (Phi) is 4.67. The Morgan fingerprint density at radius 2 is 1.67 bits per heavy atom. The van der Waals surface area contributed by atoms with Gasteiger partial charge in [-0.3, -0.25) is 0 Å². The molecule has 0 aromatic heterocycles. The first-order valence-electron chi connectivity index (χ1n) is 6.39. The fraction of sp³-hybridized carbons (Fsp3) is 0.0667. The van der Waals surface area contributed by atoms with E-state index in [1.807, 2.05) is 55.6 Å². The van der Waals surface area contributed by atoms with E-state index in [0.717, 1.165) is 21.7 Å². The third-order valence-corrected chi connectivity index (χ3v) is 7.58. The van der Waals surface area contributed by atoms with E-state index in [-0.39, 0.29) is 7.95 Å². The highest BCUT2D eigenvalue weighted by atomic mass is 79.9. The van der Waals surface area contributed by atoms with Gasteiger partial charge in [0.2, 0.25) is 0 Å². The summed E-state index contributed by atoms with van der Waals surface area (Å²) < 4.78 is 0. The summed E-state index contributed by atoms with van der Waals surface area (Å²) in [5.74, 6) is 0. The van der Waals surface area contributed by atoms with Crippen LogP contribution in [0.2, 0.25) is 0 Å². The molecule has 2 aromatic carbocycles. The molecule has 1 aliphatic heterocycles. The van der Waals surface area contributed by atoms with Crippen molar-refractivity contribution in [2.75, 3.05) is 17.3 Å². The second-order valence-electron chi connectivity index (χ2n) is 4.39. The number of halogens is 1. The molecule has 2 aromatic rings. The van der Waals surface area contributed by atoms with Gasteiger partial charge in [0.05, 0.1) is 0 Å². The molecular weight excluding hydrogens is 366 g/mol. The standard InChI is InChI=1S/C15H14BrN3S2/c1-19(13-10-6-3-7-11-13)15-18-14(21(16)20-15)17-12-8-4-2-5-9-12/h2-11,17H,1H3. The topological polar surface area (TPSA) is 27.6 Å². The summed E-state index contributed by atoms with van der Waals surface area (Å²) in [5.41, 5.74) is 2.19. The van der Waals surface area contributed by atoms with Crippen LogP contribution in [0.3, 0.4) is 0 Å². The predicted octanol–water partition coefficient (Wildman–Crippen LogP) is 4.92. The molecule has 108 valence electrons. The summed E-state index contributed by atoms with van der Waals surface area (Å²) >= 11 is 3.69. The average molecular weight is 380 g/mol. The second kappa shape index (κ2) is 6.68. The van der Waals surface area contributed by atoms with Crippen LogP contribution in [0.1, 0.15) is 0 Å². The van der Waals surface area contributed by atoms with E-state index >= 15 is 0 Å². The van der Waals surface area contributed by atoms with Crippen LogP contribution in [-0.2, 0) is 0 Å². The van der Waals surface area contributed by atoms with E-state index in [1.165, 1.54) is 0 Å². The SMILES string of the molecule is CN(C1=NC(Nc2ccccc2)=S(Br)S1)c1ccccc1. The zero-order valence-corrected chi connectivity index (χ0v) is 14.6. The Morgan fingerprint density at radius 1 is 1.05 bits per heavy atom. The highest BCUT2D eigenvalue weighted by Crippen LogP contribution is 2.45. The van der Waals surface area contributed by atoms with Crippen molar-refractivity contribution in [3.05, 3.63) is 60.7 Å². The van der Waals surface area contributed by atoms with Gasteiger partial charge in [-0.15, -0.1) is 0 Å². The molecule has 0 spiro atoms. The molecule has 1 heterocycles. The lowest BCUT2D eigenvalue weighted by Crippen LogP contribution is -2.22. The van der Waals surface area contributed by atoms with Gasteiger partial charge in [-0.25, -0.2) is 0 Å². The Hall–Kier alpha value is -1.24. The molecular formula is C15H14BrN3S2. The Labute approximate surface area is 138 Å². The first-order chi connectivity index (χ1) is 10.2. The lowest BCUT2D eigenvalue weighted by Gasteiger charge is -2.17. The third kappa shape index (κ3) is 3.51. The van der Waals surface area contributed by atoms with Gasteiger partial charge >= 0.3 is 0 Å². The van der Waals surface area contributed by atoms with Gasteiger partial charge < -0.3 is 10.2 Å². The van der Waals surface area contributed by atoms with Gasteiger partial charge in [0, 0.05) is 18.4 Å². The number of benzene rings is 2. The van der Waals surface area contributed by atoms with Gasteiger partial charge in [0.25, 0.3) is 0 Å². The molecule has 1 atom stereocenters. The Balaban J connectivity index is 1.77. The number of anilines is 2. The smallest absolute Gasteiger partial charge is 0.181 e. The summed E-state index contributed by atoms with van der Waals surface area (Å²) in [5, 5.41) is 5.31. The van der Waals surface area contributed by atoms with Crippen LogP contribution >= 0.6 is 33.6 Å². The summed E-state index contributed by atoms with van der Waals surface area (Å²) in [7, 11) is 3.61. The molecule has 0 fully saturated rings. The van der Waals surface area contributed by atoms with E-state index in [4.69, 9.17) is 4.99 Å². The molecule has 3 rings (SSSR count). The number of para-hydroxylation sites is 2. The van der Waals surface area contributed by atoms with E-state index < -0.39 is 0 Å². The van der Waals surface area contributed by atoms with Crippen LogP contribution in [0.15, 0.2) is 65.7 Å². The van der Waals surface area contributed by atoms with Crippen molar-refractivity contribution in [1.82, 2.24) is 0 Å². The van der Waals surface area contributed by atoms with Crippen LogP contribution < -0.4 is 10.2 Å². The number of nitrogens with zero attached hydrogens (tertiary/aromatic N) is 2. The van der Waals surface area contributed by atoms with Crippen molar-refractivity contribution in [2.45, 2.75) is 0 Å². The minimum atomic E-state index is -0.146. The summed E-state index contributed by atoms with van der Waals surface area (Å²) in [4.78, 5) is 6.82. The van der Waals surface area contributed by atoms with Gasteiger partial charge in [-0.1, -0.05) is 36.4 Å². The zero-order valence-electron chi connectivity index (χ0n) is 11.4. The highest BCUT2D eigenvalue weighted by molar-refractivity contribution is 9.65. The molecule has 0 saturated heterocycles. The molecule has 0 amide bonds. The molecule has 0 saturated carbocycles. The number of hydrogen-bond acceptors (Lipinski definition) is 4. The maximum Gasteiger partial charge on any atom is 0.181 e. The number of aliphatic imine (C=N–C) groups is 1. The fourth-order valence-electron chi connectivity index (χ4n) is 1.85. The molecule has 6 heteroatoms. The fourth-order valence-corrected chi connectivity index (χ4v) is 5.66. The van der Waals surface area contributed by atoms with Gasteiger partial charge in [-0.2, -0.15) is 4.99 Å². The Bertz CT molecular complexity index is 687. The monoisotopic (exact) mass is 379 g/mol. The van der Waals surface area contributed by atoms with Crippen molar-refractivity contribution in [3.8, 4) is 0 Å². The first kappa shape index (κ1) is 14.7. The van der Waals surface area contributed by atoms with Crippen LogP contribution in [-0.4, -0.2) is 17.3 Å². The van der Waals surface area contributed by atoms with Crippen LogP contribution in [0.25, 0.3) is 0 Å². The number of amidine groups is 1. The first-order valence-corrected chi connectivity index (χ1v) is 10.8. The largest absolute Gasteiger partial charge is 0.334 e. The molecule has 1 N–H and O–H groups in total. The molecule has 1 aliphatic rings. The van der Waals surface area contributed by atoms with Crippen molar-refractivity contribution in [3.63, 3.8) is 0 Å². The number of nitrogens with one attached hydrogen (secondary N) is 1. The van der Waals surface area contributed by atoms with Gasteiger partial charge in [0.1, 0.15) is 0 Å². The third-order valence-electron chi connectivity index (χ3n) is 2.95. The molecule has 21 heavy (non-hydrogen) atoms. The average Bonchev–Trinajstić information content (AvgIpc) is 2.89.